The molecule has 0 radical (unpaired) electrons. The number of carbonyl (C=O) groups is 1. The lowest BCUT2D eigenvalue weighted by Gasteiger charge is -2.16. The van der Waals surface area contributed by atoms with Crippen molar-refractivity contribution in [3.05, 3.63) is 35.6 Å². The average Bonchev–Trinajstić information content (AvgIpc) is 2.25. The molecule has 1 amide bonds. The molecule has 1 N–H and O–H groups in total. The van der Waals surface area contributed by atoms with Crippen molar-refractivity contribution in [1.29, 1.82) is 0 Å². The predicted molar refractivity (Wildman–Crippen MR) is 75.3 cm³/mol. The van der Waals surface area contributed by atoms with Crippen LogP contribution in [0.2, 0.25) is 0 Å². The van der Waals surface area contributed by atoms with Crippen LogP contribution in [-0.4, -0.2) is 23.0 Å². The molecule has 4 heteroatoms. The summed E-state index contributed by atoms with van der Waals surface area (Å²) in [6, 6.07) is 6.46. The van der Waals surface area contributed by atoms with Gasteiger partial charge in [0.05, 0.1) is 5.75 Å². The Morgan fingerprint density at radius 2 is 2.11 bits per heavy atom. The second-order valence-electron chi connectivity index (χ2n) is 5.13. The summed E-state index contributed by atoms with van der Waals surface area (Å²) < 4.78 is 13.0. The SMILES string of the molecule is CC(C)(C)SCC(=O)NCCc1cccc(F)c1. The van der Waals surface area contributed by atoms with E-state index in [1.807, 2.05) is 6.07 Å². The molecular formula is C14H20FNOS. The average molecular weight is 269 g/mol. The fourth-order valence-corrected chi connectivity index (χ4v) is 2.04. The van der Waals surface area contributed by atoms with Crippen molar-refractivity contribution in [2.45, 2.75) is 31.9 Å². The molecule has 0 aliphatic rings. The van der Waals surface area contributed by atoms with E-state index in [9.17, 15) is 9.18 Å². The fourth-order valence-electron chi connectivity index (χ4n) is 1.37. The third-order valence-electron chi connectivity index (χ3n) is 2.26. The normalized spacial score (nSPS) is 11.3. The Morgan fingerprint density at radius 3 is 2.72 bits per heavy atom. The Bertz CT molecular complexity index is 401. The molecule has 0 atom stereocenters. The van der Waals surface area contributed by atoms with Crippen LogP contribution in [0.5, 0.6) is 0 Å². The second kappa shape index (κ2) is 6.78. The molecule has 0 aromatic heterocycles. The van der Waals surface area contributed by atoms with Crippen molar-refractivity contribution >= 4 is 17.7 Å². The zero-order valence-corrected chi connectivity index (χ0v) is 11.9. The summed E-state index contributed by atoms with van der Waals surface area (Å²) in [4.78, 5) is 11.5. The number of hydrogen-bond acceptors (Lipinski definition) is 2. The highest BCUT2D eigenvalue weighted by molar-refractivity contribution is 8.01. The Balaban J connectivity index is 2.23. The number of nitrogens with one attached hydrogen (secondary N) is 1. The van der Waals surface area contributed by atoms with Crippen LogP contribution in [0.1, 0.15) is 26.3 Å². The van der Waals surface area contributed by atoms with E-state index in [-0.39, 0.29) is 16.5 Å². The third kappa shape index (κ3) is 6.64. The van der Waals surface area contributed by atoms with Gasteiger partial charge in [-0.2, -0.15) is 0 Å². The van der Waals surface area contributed by atoms with Gasteiger partial charge in [-0.3, -0.25) is 4.79 Å². The van der Waals surface area contributed by atoms with Gasteiger partial charge in [0, 0.05) is 11.3 Å². The van der Waals surface area contributed by atoms with E-state index in [4.69, 9.17) is 0 Å². The minimum Gasteiger partial charge on any atom is -0.355 e. The fraction of sp³-hybridized carbons (Fsp3) is 0.500. The molecule has 0 saturated carbocycles. The van der Waals surface area contributed by atoms with E-state index in [2.05, 4.69) is 26.1 Å². The summed E-state index contributed by atoms with van der Waals surface area (Å²) in [6.07, 6.45) is 0.656. The van der Waals surface area contributed by atoms with Crippen LogP contribution < -0.4 is 5.32 Å². The highest BCUT2D eigenvalue weighted by atomic mass is 32.2. The lowest BCUT2D eigenvalue weighted by atomic mass is 10.1. The smallest absolute Gasteiger partial charge is 0.230 e. The lowest BCUT2D eigenvalue weighted by molar-refractivity contribution is -0.118. The molecule has 0 heterocycles. The first-order valence-electron chi connectivity index (χ1n) is 6.02. The second-order valence-corrected chi connectivity index (χ2v) is 6.93. The van der Waals surface area contributed by atoms with E-state index >= 15 is 0 Å². The number of thioether (sulfide) groups is 1. The van der Waals surface area contributed by atoms with Crippen molar-refractivity contribution in [2.75, 3.05) is 12.3 Å². The van der Waals surface area contributed by atoms with Gasteiger partial charge in [-0.05, 0) is 24.1 Å². The monoisotopic (exact) mass is 269 g/mol. The van der Waals surface area contributed by atoms with Crippen LogP contribution >= 0.6 is 11.8 Å². The van der Waals surface area contributed by atoms with Crippen LogP contribution in [0.3, 0.4) is 0 Å². The highest BCUT2D eigenvalue weighted by Crippen LogP contribution is 2.22. The Hall–Kier alpha value is -1.03. The van der Waals surface area contributed by atoms with E-state index in [1.165, 1.54) is 12.1 Å². The molecule has 0 saturated heterocycles. The number of hydrogen-bond donors (Lipinski definition) is 1. The summed E-state index contributed by atoms with van der Waals surface area (Å²) in [6.45, 7) is 6.79. The number of amides is 1. The number of benzene rings is 1. The van der Waals surface area contributed by atoms with Gasteiger partial charge < -0.3 is 5.32 Å². The van der Waals surface area contributed by atoms with Crippen LogP contribution in [0.15, 0.2) is 24.3 Å². The molecule has 0 aliphatic heterocycles. The Kier molecular flexibility index (Phi) is 5.66. The van der Waals surface area contributed by atoms with Gasteiger partial charge in [0.15, 0.2) is 0 Å². The highest BCUT2D eigenvalue weighted by Gasteiger charge is 2.12. The zero-order valence-electron chi connectivity index (χ0n) is 11.1. The maximum absolute atomic E-state index is 12.9. The molecule has 0 fully saturated rings. The molecule has 18 heavy (non-hydrogen) atoms. The third-order valence-corrected chi connectivity index (χ3v) is 3.53. The van der Waals surface area contributed by atoms with Gasteiger partial charge in [-0.1, -0.05) is 32.9 Å². The maximum atomic E-state index is 12.9. The molecular weight excluding hydrogens is 249 g/mol. The van der Waals surface area contributed by atoms with Crippen molar-refractivity contribution in [3.63, 3.8) is 0 Å². The summed E-state index contributed by atoms with van der Waals surface area (Å²) in [5.74, 6) is 0.264. The summed E-state index contributed by atoms with van der Waals surface area (Å²) in [5.41, 5.74) is 0.902. The Morgan fingerprint density at radius 1 is 1.39 bits per heavy atom. The van der Waals surface area contributed by atoms with Crippen LogP contribution in [0, 0.1) is 5.82 Å². The number of halogens is 1. The Labute approximate surface area is 112 Å². The van der Waals surface area contributed by atoms with Gasteiger partial charge in [0.25, 0.3) is 0 Å². The first-order chi connectivity index (χ1) is 8.37. The summed E-state index contributed by atoms with van der Waals surface area (Å²) >= 11 is 1.62. The number of rotatable bonds is 5. The molecule has 1 aromatic carbocycles. The van der Waals surface area contributed by atoms with Crippen molar-refractivity contribution in [3.8, 4) is 0 Å². The molecule has 1 aromatic rings. The van der Waals surface area contributed by atoms with Crippen LogP contribution in [-0.2, 0) is 11.2 Å². The summed E-state index contributed by atoms with van der Waals surface area (Å²) in [7, 11) is 0. The molecule has 0 bridgehead atoms. The molecule has 1 rings (SSSR count). The van der Waals surface area contributed by atoms with Crippen molar-refractivity contribution < 1.29 is 9.18 Å². The first-order valence-corrected chi connectivity index (χ1v) is 7.00. The van der Waals surface area contributed by atoms with Gasteiger partial charge in [-0.25, -0.2) is 4.39 Å². The van der Waals surface area contributed by atoms with Crippen LogP contribution in [0.25, 0.3) is 0 Å². The largest absolute Gasteiger partial charge is 0.355 e. The molecule has 0 unspecified atom stereocenters. The predicted octanol–water partition coefficient (Wildman–Crippen LogP) is 3.02. The number of carbonyl (C=O) groups excluding carboxylic acids is 1. The topological polar surface area (TPSA) is 29.1 Å². The van der Waals surface area contributed by atoms with E-state index in [0.29, 0.717) is 18.7 Å². The quantitative estimate of drug-likeness (QED) is 0.890. The van der Waals surface area contributed by atoms with E-state index < -0.39 is 0 Å². The minimum atomic E-state index is -0.234. The lowest BCUT2D eigenvalue weighted by Crippen LogP contribution is -2.28. The van der Waals surface area contributed by atoms with Crippen molar-refractivity contribution in [1.82, 2.24) is 5.32 Å². The standard InChI is InChI=1S/C14H20FNOS/c1-14(2,3)18-10-13(17)16-8-7-11-5-4-6-12(15)9-11/h4-6,9H,7-8,10H2,1-3H3,(H,16,17). The zero-order chi connectivity index (χ0) is 13.6. The minimum absolute atomic E-state index is 0.0336. The van der Waals surface area contributed by atoms with E-state index in [0.717, 1.165) is 5.56 Å². The van der Waals surface area contributed by atoms with Crippen LogP contribution in [0.4, 0.5) is 4.39 Å². The molecule has 100 valence electrons. The first kappa shape index (κ1) is 15.0. The van der Waals surface area contributed by atoms with Gasteiger partial charge in [0.1, 0.15) is 5.82 Å². The van der Waals surface area contributed by atoms with Gasteiger partial charge in [0.2, 0.25) is 5.91 Å². The van der Waals surface area contributed by atoms with Gasteiger partial charge in [-0.15, -0.1) is 11.8 Å². The maximum Gasteiger partial charge on any atom is 0.230 e. The van der Waals surface area contributed by atoms with Gasteiger partial charge >= 0.3 is 0 Å². The molecule has 0 aliphatic carbocycles. The van der Waals surface area contributed by atoms with Crippen molar-refractivity contribution in [2.24, 2.45) is 0 Å². The molecule has 2 nitrogen and oxygen atoms in total. The molecule has 0 spiro atoms. The summed E-state index contributed by atoms with van der Waals surface area (Å²) in [5, 5.41) is 2.84. The van der Waals surface area contributed by atoms with E-state index in [1.54, 1.807) is 17.8 Å².